The number of morpholine rings is 1. The molecule has 1 aliphatic heterocycles. The molecule has 0 bridgehead atoms. The molecular formula is C24H27N5O. The maximum absolute atomic E-state index is 5.60. The van der Waals surface area contributed by atoms with Gasteiger partial charge in [-0.2, -0.15) is 5.10 Å². The lowest BCUT2D eigenvalue weighted by Gasteiger charge is -2.35. The molecule has 30 heavy (non-hydrogen) atoms. The molecule has 2 aromatic heterocycles. The highest BCUT2D eigenvalue weighted by Gasteiger charge is 2.23. The quantitative estimate of drug-likeness (QED) is 0.548. The van der Waals surface area contributed by atoms with Gasteiger partial charge in [-0.3, -0.25) is 4.90 Å². The van der Waals surface area contributed by atoms with Gasteiger partial charge in [-0.1, -0.05) is 42.0 Å². The molecule has 1 N–H and O–H groups in total. The summed E-state index contributed by atoms with van der Waals surface area (Å²) >= 11 is 0. The van der Waals surface area contributed by atoms with Crippen molar-refractivity contribution in [2.45, 2.75) is 19.9 Å². The Balaban J connectivity index is 1.50. The number of nitrogens with one attached hydrogen (secondary N) is 1. The molecule has 0 amide bonds. The van der Waals surface area contributed by atoms with Crippen molar-refractivity contribution < 1.29 is 4.74 Å². The fourth-order valence-electron chi connectivity index (χ4n) is 4.33. The van der Waals surface area contributed by atoms with Crippen LogP contribution in [0.25, 0.3) is 16.6 Å². The number of aromatic nitrogens is 3. The molecule has 1 unspecified atom stereocenters. The summed E-state index contributed by atoms with van der Waals surface area (Å²) in [5.74, 6) is 0.906. The van der Waals surface area contributed by atoms with Gasteiger partial charge in [0.25, 0.3) is 0 Å². The summed E-state index contributed by atoms with van der Waals surface area (Å²) in [5.41, 5.74) is 5.51. The van der Waals surface area contributed by atoms with Gasteiger partial charge in [-0.15, -0.1) is 0 Å². The lowest BCUT2D eigenvalue weighted by Crippen LogP contribution is -2.41. The molecule has 4 aromatic rings. The number of aryl methyl sites for hydroxylation is 2. The van der Waals surface area contributed by atoms with Crippen molar-refractivity contribution in [3.63, 3.8) is 0 Å². The third kappa shape index (κ3) is 3.64. The van der Waals surface area contributed by atoms with Gasteiger partial charge < -0.3 is 10.1 Å². The van der Waals surface area contributed by atoms with Crippen molar-refractivity contribution >= 4 is 22.4 Å². The number of anilines is 1. The number of nitrogens with zero attached hydrogens (tertiary/aromatic N) is 4. The van der Waals surface area contributed by atoms with Crippen LogP contribution in [0.2, 0.25) is 0 Å². The van der Waals surface area contributed by atoms with Crippen LogP contribution < -0.4 is 5.32 Å². The summed E-state index contributed by atoms with van der Waals surface area (Å²) in [6.07, 6.45) is 0. The second kappa shape index (κ2) is 8.05. The molecule has 1 fully saturated rings. The number of hydrogen-bond donors (Lipinski definition) is 1. The van der Waals surface area contributed by atoms with Crippen LogP contribution in [0.3, 0.4) is 0 Å². The van der Waals surface area contributed by atoms with Crippen LogP contribution in [0.4, 0.5) is 5.82 Å². The number of hydrogen-bond acceptors (Lipinski definition) is 5. The average molecular weight is 402 g/mol. The lowest BCUT2D eigenvalue weighted by molar-refractivity contribution is 0.0187. The van der Waals surface area contributed by atoms with Gasteiger partial charge in [-0.05, 0) is 31.5 Å². The van der Waals surface area contributed by atoms with Gasteiger partial charge in [0.1, 0.15) is 5.82 Å². The van der Waals surface area contributed by atoms with Crippen molar-refractivity contribution in [3.05, 3.63) is 71.4 Å². The van der Waals surface area contributed by atoms with Crippen LogP contribution in [0.15, 0.2) is 54.6 Å². The highest BCUT2D eigenvalue weighted by atomic mass is 16.5. The van der Waals surface area contributed by atoms with Crippen molar-refractivity contribution in [2.24, 2.45) is 0 Å². The molecule has 5 rings (SSSR count). The molecule has 1 atom stereocenters. The fraction of sp³-hybridized carbons (Fsp3) is 0.333. The number of para-hydroxylation sites is 1. The molecule has 0 aliphatic carbocycles. The van der Waals surface area contributed by atoms with E-state index in [0.29, 0.717) is 0 Å². The predicted octanol–water partition coefficient (Wildman–Crippen LogP) is 3.98. The molecule has 1 saturated heterocycles. The molecule has 0 spiro atoms. The zero-order valence-electron chi connectivity index (χ0n) is 17.5. The Morgan fingerprint density at radius 1 is 1.03 bits per heavy atom. The summed E-state index contributed by atoms with van der Waals surface area (Å²) in [6, 6.07) is 19.4. The standard InChI is InChI=1S/C24H27N5O/c1-17-6-5-7-19(14-17)22(28-10-12-30-13-11-28)16-25-24-20-8-3-4-9-21(20)29-23(26-24)15-18(2)27-29/h3-9,14-15,22H,10-13,16H2,1-2H3,(H,25,26). The van der Waals surface area contributed by atoms with E-state index in [1.165, 1.54) is 11.1 Å². The Kier molecular flexibility index (Phi) is 5.11. The summed E-state index contributed by atoms with van der Waals surface area (Å²) in [7, 11) is 0. The number of benzene rings is 2. The predicted molar refractivity (Wildman–Crippen MR) is 120 cm³/mol. The van der Waals surface area contributed by atoms with E-state index in [1.807, 2.05) is 23.6 Å². The third-order valence-corrected chi connectivity index (χ3v) is 5.80. The number of rotatable bonds is 5. The minimum atomic E-state index is 0.261. The van der Waals surface area contributed by atoms with E-state index in [9.17, 15) is 0 Å². The van der Waals surface area contributed by atoms with Crippen molar-refractivity contribution in [2.75, 3.05) is 38.2 Å². The molecule has 6 nitrogen and oxygen atoms in total. The van der Waals surface area contributed by atoms with Gasteiger partial charge in [0.2, 0.25) is 0 Å². The Labute approximate surface area is 176 Å². The largest absolute Gasteiger partial charge is 0.379 e. The first-order valence-corrected chi connectivity index (χ1v) is 10.6. The normalized spacial score (nSPS) is 16.2. The molecule has 6 heteroatoms. The van der Waals surface area contributed by atoms with Crippen molar-refractivity contribution in [3.8, 4) is 0 Å². The van der Waals surface area contributed by atoms with Crippen LogP contribution >= 0.6 is 0 Å². The van der Waals surface area contributed by atoms with Crippen LogP contribution in [-0.2, 0) is 4.74 Å². The molecule has 0 radical (unpaired) electrons. The first kappa shape index (κ1) is 19.0. The minimum absolute atomic E-state index is 0.261. The highest BCUT2D eigenvalue weighted by molar-refractivity contribution is 5.91. The van der Waals surface area contributed by atoms with Crippen molar-refractivity contribution in [1.29, 1.82) is 0 Å². The maximum Gasteiger partial charge on any atom is 0.158 e. The molecule has 0 saturated carbocycles. The first-order chi connectivity index (χ1) is 14.7. The van der Waals surface area contributed by atoms with Crippen LogP contribution in [-0.4, -0.2) is 52.3 Å². The summed E-state index contributed by atoms with van der Waals surface area (Å²) in [4.78, 5) is 7.41. The molecule has 2 aromatic carbocycles. The monoisotopic (exact) mass is 401 g/mol. The van der Waals surface area contributed by atoms with Gasteiger partial charge in [0, 0.05) is 31.1 Å². The van der Waals surface area contributed by atoms with E-state index < -0.39 is 0 Å². The summed E-state index contributed by atoms with van der Waals surface area (Å²) in [5, 5.41) is 9.36. The van der Waals surface area contributed by atoms with E-state index in [2.05, 4.69) is 64.7 Å². The average Bonchev–Trinajstić information content (AvgIpc) is 3.15. The Bertz CT molecular complexity index is 1180. The molecule has 154 valence electrons. The number of ether oxygens (including phenoxy) is 1. The number of fused-ring (bicyclic) bond motifs is 3. The lowest BCUT2D eigenvalue weighted by atomic mass is 10.0. The smallest absolute Gasteiger partial charge is 0.158 e. The van der Waals surface area contributed by atoms with Gasteiger partial charge >= 0.3 is 0 Å². The van der Waals surface area contributed by atoms with Crippen LogP contribution in [0.1, 0.15) is 22.9 Å². The zero-order chi connectivity index (χ0) is 20.5. The van der Waals surface area contributed by atoms with Gasteiger partial charge in [0.05, 0.1) is 30.5 Å². The zero-order valence-corrected chi connectivity index (χ0v) is 17.5. The fourth-order valence-corrected chi connectivity index (χ4v) is 4.33. The first-order valence-electron chi connectivity index (χ1n) is 10.6. The summed E-state index contributed by atoms with van der Waals surface area (Å²) < 4.78 is 7.52. The Morgan fingerprint density at radius 3 is 2.70 bits per heavy atom. The Hall–Kier alpha value is -2.96. The second-order valence-corrected chi connectivity index (χ2v) is 7.99. The van der Waals surface area contributed by atoms with Gasteiger partial charge in [-0.25, -0.2) is 9.50 Å². The minimum Gasteiger partial charge on any atom is -0.379 e. The Morgan fingerprint density at radius 2 is 1.87 bits per heavy atom. The van der Waals surface area contributed by atoms with E-state index in [4.69, 9.17) is 9.72 Å². The molecule has 3 heterocycles. The van der Waals surface area contributed by atoms with Gasteiger partial charge in [0.15, 0.2) is 5.65 Å². The third-order valence-electron chi connectivity index (χ3n) is 5.80. The van der Waals surface area contributed by atoms with E-state index in [-0.39, 0.29) is 6.04 Å². The second-order valence-electron chi connectivity index (χ2n) is 7.99. The maximum atomic E-state index is 5.60. The van der Waals surface area contributed by atoms with Crippen LogP contribution in [0, 0.1) is 13.8 Å². The van der Waals surface area contributed by atoms with Crippen molar-refractivity contribution in [1.82, 2.24) is 19.5 Å². The molecule has 1 aliphatic rings. The van der Waals surface area contributed by atoms with E-state index >= 15 is 0 Å². The van der Waals surface area contributed by atoms with E-state index in [0.717, 1.165) is 60.9 Å². The van der Waals surface area contributed by atoms with Crippen LogP contribution in [0.5, 0.6) is 0 Å². The SMILES string of the molecule is Cc1cccc(C(CNc2nc3cc(C)nn3c3ccccc23)N2CCOCC2)c1. The van der Waals surface area contributed by atoms with E-state index in [1.54, 1.807) is 0 Å². The molecular weight excluding hydrogens is 374 g/mol. The highest BCUT2D eigenvalue weighted by Crippen LogP contribution is 2.27. The topological polar surface area (TPSA) is 54.7 Å². The summed E-state index contributed by atoms with van der Waals surface area (Å²) in [6.45, 7) is 8.38.